The Kier molecular flexibility index (Phi) is 4.35. The fourth-order valence-corrected chi connectivity index (χ4v) is 4.34. The Bertz CT molecular complexity index is 592. The molecule has 6 heteroatoms. The van der Waals surface area contributed by atoms with E-state index >= 15 is 0 Å². The van der Waals surface area contributed by atoms with E-state index in [0.29, 0.717) is 12.0 Å². The van der Waals surface area contributed by atoms with Crippen LogP contribution in [0.2, 0.25) is 0 Å². The molecule has 5 nitrogen and oxygen atoms in total. The molecule has 0 saturated heterocycles. The van der Waals surface area contributed by atoms with Gasteiger partial charge in [0.2, 0.25) is 0 Å². The molecular formula is C15H22N4OS. The van der Waals surface area contributed by atoms with Gasteiger partial charge in [0.1, 0.15) is 23.5 Å². The Balaban J connectivity index is 1.69. The summed E-state index contributed by atoms with van der Waals surface area (Å²) in [4.78, 5) is 14.1. The maximum Gasteiger partial charge on any atom is 0.142 e. The zero-order valence-corrected chi connectivity index (χ0v) is 13.4. The van der Waals surface area contributed by atoms with Crippen LogP contribution in [0.5, 0.6) is 0 Å². The highest BCUT2D eigenvalue weighted by Crippen LogP contribution is 2.31. The van der Waals surface area contributed by atoms with E-state index in [9.17, 15) is 4.55 Å². The first kappa shape index (κ1) is 14.7. The third kappa shape index (κ3) is 3.16. The van der Waals surface area contributed by atoms with Gasteiger partial charge in [-0.05, 0) is 31.7 Å². The summed E-state index contributed by atoms with van der Waals surface area (Å²) in [5.74, 6) is 2.48. The first-order chi connectivity index (χ1) is 10.1. The fourth-order valence-electron chi connectivity index (χ4n) is 3.34. The third-order valence-electron chi connectivity index (χ3n) is 4.50. The van der Waals surface area contributed by atoms with Crippen molar-refractivity contribution in [2.24, 2.45) is 5.92 Å². The number of rotatable bonds is 4. The molecule has 0 aliphatic heterocycles. The van der Waals surface area contributed by atoms with Gasteiger partial charge in [-0.25, -0.2) is 9.97 Å². The van der Waals surface area contributed by atoms with Crippen molar-refractivity contribution in [2.45, 2.75) is 31.7 Å². The third-order valence-corrected chi connectivity index (χ3v) is 5.44. The number of aromatic amines is 1. The van der Waals surface area contributed by atoms with Crippen molar-refractivity contribution in [3.05, 3.63) is 18.6 Å². The molecule has 1 unspecified atom stereocenters. The zero-order valence-electron chi connectivity index (χ0n) is 12.6. The van der Waals surface area contributed by atoms with Gasteiger partial charge >= 0.3 is 0 Å². The van der Waals surface area contributed by atoms with Crippen LogP contribution < -0.4 is 4.90 Å². The van der Waals surface area contributed by atoms with Gasteiger partial charge in [-0.1, -0.05) is 11.2 Å². The van der Waals surface area contributed by atoms with Gasteiger partial charge in [0.15, 0.2) is 0 Å². The van der Waals surface area contributed by atoms with Crippen LogP contribution in [0.4, 0.5) is 5.82 Å². The predicted octanol–water partition coefficient (Wildman–Crippen LogP) is 2.33. The summed E-state index contributed by atoms with van der Waals surface area (Å²) in [5, 5.41) is 1.08. The lowest BCUT2D eigenvalue weighted by molar-refractivity contribution is 0.341. The molecule has 2 heterocycles. The number of anilines is 1. The minimum atomic E-state index is -0.673. The average Bonchev–Trinajstić information content (AvgIpc) is 2.95. The van der Waals surface area contributed by atoms with Crippen molar-refractivity contribution in [2.75, 3.05) is 24.0 Å². The van der Waals surface area contributed by atoms with E-state index in [1.54, 1.807) is 6.33 Å². The average molecular weight is 306 g/mol. The smallest absolute Gasteiger partial charge is 0.142 e. The van der Waals surface area contributed by atoms with Crippen molar-refractivity contribution in [3.8, 4) is 0 Å². The van der Waals surface area contributed by atoms with Gasteiger partial charge in [0.05, 0.1) is 11.6 Å². The molecule has 1 fully saturated rings. The number of nitrogens with one attached hydrogen (secondary N) is 1. The van der Waals surface area contributed by atoms with Crippen LogP contribution in [0.3, 0.4) is 0 Å². The van der Waals surface area contributed by atoms with Crippen molar-refractivity contribution in [1.82, 2.24) is 15.0 Å². The quantitative estimate of drug-likeness (QED) is 0.880. The van der Waals surface area contributed by atoms with Crippen LogP contribution in [-0.2, 0) is 11.2 Å². The molecule has 1 atom stereocenters. The highest BCUT2D eigenvalue weighted by molar-refractivity contribution is 7.90. The molecule has 1 aliphatic rings. The van der Waals surface area contributed by atoms with E-state index in [1.807, 2.05) is 18.5 Å². The summed E-state index contributed by atoms with van der Waals surface area (Å²) >= 11 is -0.673. The van der Waals surface area contributed by atoms with Crippen molar-refractivity contribution in [1.29, 1.82) is 0 Å². The lowest BCUT2D eigenvalue weighted by Gasteiger charge is -2.35. The van der Waals surface area contributed by atoms with Gasteiger partial charge in [-0.3, -0.25) is 0 Å². The summed E-state index contributed by atoms with van der Waals surface area (Å²) in [6.07, 6.45) is 9.96. The molecule has 1 aliphatic carbocycles. The minimum Gasteiger partial charge on any atom is -0.617 e. The molecule has 0 radical (unpaired) electrons. The minimum absolute atomic E-state index is 0.513. The Morgan fingerprint density at radius 2 is 2.10 bits per heavy atom. The number of fused-ring (bicyclic) bond motifs is 1. The number of hydrogen-bond acceptors (Lipinski definition) is 4. The zero-order chi connectivity index (χ0) is 14.8. The van der Waals surface area contributed by atoms with Gasteiger partial charge in [-0.15, -0.1) is 0 Å². The number of H-pyrrole nitrogens is 1. The summed E-state index contributed by atoms with van der Waals surface area (Å²) in [5.41, 5.74) is 0.891. The van der Waals surface area contributed by atoms with Crippen molar-refractivity contribution >= 4 is 28.0 Å². The van der Waals surface area contributed by atoms with Crippen molar-refractivity contribution < 1.29 is 4.55 Å². The Hall–Kier alpha value is -1.27. The highest BCUT2D eigenvalue weighted by atomic mass is 32.2. The van der Waals surface area contributed by atoms with Crippen molar-refractivity contribution in [3.63, 3.8) is 0 Å². The Morgan fingerprint density at radius 1 is 1.33 bits per heavy atom. The second-order valence-electron chi connectivity index (χ2n) is 5.96. The number of nitrogens with zero attached hydrogens (tertiary/aromatic N) is 3. The van der Waals surface area contributed by atoms with Crippen LogP contribution in [0, 0.1) is 5.92 Å². The summed E-state index contributed by atoms with van der Waals surface area (Å²) < 4.78 is 11.3. The molecule has 3 rings (SSSR count). The maximum atomic E-state index is 11.3. The summed E-state index contributed by atoms with van der Waals surface area (Å²) in [6.45, 7) is 0. The van der Waals surface area contributed by atoms with E-state index in [-0.39, 0.29) is 0 Å². The van der Waals surface area contributed by atoms with E-state index < -0.39 is 11.2 Å². The lowest BCUT2D eigenvalue weighted by atomic mass is 9.86. The molecule has 2 aromatic rings. The van der Waals surface area contributed by atoms with Gasteiger partial charge in [0, 0.05) is 25.2 Å². The van der Waals surface area contributed by atoms with Gasteiger partial charge < -0.3 is 14.4 Å². The molecule has 0 amide bonds. The Labute approximate surface area is 128 Å². The first-order valence-corrected chi connectivity index (χ1v) is 9.19. The second-order valence-corrected chi connectivity index (χ2v) is 7.44. The Morgan fingerprint density at radius 3 is 2.81 bits per heavy atom. The fraction of sp³-hybridized carbons (Fsp3) is 0.600. The molecular weight excluding hydrogens is 284 g/mol. The summed E-state index contributed by atoms with van der Waals surface area (Å²) in [6, 6.07) is 2.55. The van der Waals surface area contributed by atoms with Gasteiger partial charge in [0.25, 0.3) is 0 Å². The number of hydrogen-bond donors (Lipinski definition) is 1. The topological polar surface area (TPSA) is 67.9 Å². The molecule has 114 valence electrons. The number of aromatic nitrogens is 3. The molecule has 2 aromatic heterocycles. The van der Waals surface area contributed by atoms with Crippen LogP contribution in [0.15, 0.2) is 18.6 Å². The van der Waals surface area contributed by atoms with Crippen LogP contribution >= 0.6 is 0 Å². The first-order valence-electron chi connectivity index (χ1n) is 7.46. The highest BCUT2D eigenvalue weighted by Gasteiger charge is 2.27. The molecule has 0 aromatic carbocycles. The SMILES string of the molecule is CN(c1ncnc2[nH]ccc12)C1CCC(C[S+](C)[O-])CC1. The van der Waals surface area contributed by atoms with E-state index in [0.717, 1.165) is 48.3 Å². The molecule has 21 heavy (non-hydrogen) atoms. The van der Waals surface area contributed by atoms with Crippen LogP contribution in [0.1, 0.15) is 25.7 Å². The molecule has 1 saturated carbocycles. The van der Waals surface area contributed by atoms with E-state index in [4.69, 9.17) is 0 Å². The lowest BCUT2D eigenvalue weighted by Crippen LogP contribution is -2.36. The van der Waals surface area contributed by atoms with Crippen LogP contribution in [-0.4, -0.2) is 44.6 Å². The second kappa shape index (κ2) is 6.23. The monoisotopic (exact) mass is 306 g/mol. The summed E-state index contributed by atoms with van der Waals surface area (Å²) in [7, 11) is 2.12. The largest absolute Gasteiger partial charge is 0.617 e. The maximum absolute atomic E-state index is 11.3. The molecule has 1 N–H and O–H groups in total. The van der Waals surface area contributed by atoms with E-state index in [2.05, 4.69) is 26.9 Å². The normalized spacial score (nSPS) is 24.1. The predicted molar refractivity (Wildman–Crippen MR) is 87.0 cm³/mol. The van der Waals surface area contributed by atoms with Crippen LogP contribution in [0.25, 0.3) is 11.0 Å². The standard InChI is InChI=1S/C15H22N4OS/c1-19(12-5-3-11(4-6-12)9-21(2)20)15-13-7-8-16-14(13)17-10-18-15/h7-8,10-12H,3-6,9H2,1-2H3,(H,16,17,18). The molecule has 0 bridgehead atoms. The molecule has 0 spiro atoms. The van der Waals surface area contributed by atoms with E-state index in [1.165, 1.54) is 0 Å². The van der Waals surface area contributed by atoms with Gasteiger partial charge in [-0.2, -0.15) is 0 Å².